The highest BCUT2D eigenvalue weighted by molar-refractivity contribution is 5.99. The van der Waals surface area contributed by atoms with Crippen LogP contribution in [0.25, 0.3) is 0 Å². The fourth-order valence-corrected chi connectivity index (χ4v) is 2.24. The number of carbonyl (C=O) groups excluding carboxylic acids is 1. The number of carbonyl (C=O) groups is 1. The van der Waals surface area contributed by atoms with Crippen LogP contribution in [0.1, 0.15) is 10.4 Å². The molecule has 21 heavy (non-hydrogen) atoms. The van der Waals surface area contributed by atoms with E-state index in [0.29, 0.717) is 37.2 Å². The van der Waals surface area contributed by atoms with Gasteiger partial charge in [-0.25, -0.2) is 0 Å². The van der Waals surface area contributed by atoms with Gasteiger partial charge in [0.1, 0.15) is 18.8 Å². The summed E-state index contributed by atoms with van der Waals surface area (Å²) >= 11 is 0. The Labute approximate surface area is 120 Å². The molecule has 1 aromatic rings. The molecule has 112 valence electrons. The van der Waals surface area contributed by atoms with Gasteiger partial charge < -0.3 is 20.1 Å². The second-order valence-electron chi connectivity index (χ2n) is 5.00. The number of hydrogen-bond donors (Lipinski definition) is 2. The summed E-state index contributed by atoms with van der Waals surface area (Å²) in [5, 5.41) is 17.0. The van der Waals surface area contributed by atoms with E-state index in [0.717, 1.165) is 13.1 Å². The molecule has 2 heterocycles. The van der Waals surface area contributed by atoms with E-state index in [2.05, 4.69) is 10.6 Å². The Kier molecular flexibility index (Phi) is 3.61. The van der Waals surface area contributed by atoms with Crippen molar-refractivity contribution < 1.29 is 19.2 Å². The van der Waals surface area contributed by atoms with Gasteiger partial charge in [-0.05, 0) is 0 Å². The molecule has 1 amide bonds. The summed E-state index contributed by atoms with van der Waals surface area (Å²) in [5.41, 5.74) is -0.278. The lowest BCUT2D eigenvalue weighted by Gasteiger charge is -2.27. The summed E-state index contributed by atoms with van der Waals surface area (Å²) in [6.07, 6.45) is 0. The number of nitrogens with zero attached hydrogens (tertiary/aromatic N) is 1. The van der Waals surface area contributed by atoms with Crippen molar-refractivity contribution in [2.24, 2.45) is 5.92 Å². The van der Waals surface area contributed by atoms with Crippen molar-refractivity contribution in [3.63, 3.8) is 0 Å². The molecule has 3 rings (SSSR count). The number of amides is 1. The summed E-state index contributed by atoms with van der Waals surface area (Å²) in [6, 6.07) is 2.62. The second-order valence-corrected chi connectivity index (χ2v) is 5.00. The van der Waals surface area contributed by atoms with Crippen LogP contribution in [0.4, 0.5) is 5.69 Å². The summed E-state index contributed by atoms with van der Waals surface area (Å²) in [5.74, 6) is 0.575. The summed E-state index contributed by atoms with van der Waals surface area (Å²) in [6.45, 7) is 2.90. The van der Waals surface area contributed by atoms with Crippen LogP contribution in [0.15, 0.2) is 12.1 Å². The van der Waals surface area contributed by atoms with Crippen LogP contribution in [0.5, 0.6) is 11.5 Å². The average Bonchev–Trinajstić information content (AvgIpc) is 2.44. The number of benzene rings is 1. The Morgan fingerprint density at radius 3 is 2.57 bits per heavy atom. The van der Waals surface area contributed by atoms with Crippen LogP contribution >= 0.6 is 0 Å². The van der Waals surface area contributed by atoms with Crippen molar-refractivity contribution in [2.75, 3.05) is 32.8 Å². The van der Waals surface area contributed by atoms with E-state index in [9.17, 15) is 14.9 Å². The molecule has 0 unspecified atom stereocenters. The number of nitro groups is 1. The molecule has 0 atom stereocenters. The van der Waals surface area contributed by atoms with E-state index in [1.54, 1.807) is 0 Å². The number of nitrogens with one attached hydrogen (secondary N) is 2. The van der Waals surface area contributed by atoms with Crippen LogP contribution < -0.4 is 20.1 Å². The lowest BCUT2D eigenvalue weighted by Crippen LogP contribution is -2.48. The van der Waals surface area contributed by atoms with Gasteiger partial charge in [0.25, 0.3) is 11.6 Å². The maximum Gasteiger partial charge on any atom is 0.286 e. The van der Waals surface area contributed by atoms with Gasteiger partial charge >= 0.3 is 0 Å². The monoisotopic (exact) mass is 293 g/mol. The van der Waals surface area contributed by atoms with Gasteiger partial charge in [-0.2, -0.15) is 0 Å². The van der Waals surface area contributed by atoms with Crippen molar-refractivity contribution in [1.82, 2.24) is 10.6 Å². The highest BCUT2D eigenvalue weighted by Crippen LogP contribution is 2.36. The van der Waals surface area contributed by atoms with Crippen LogP contribution in [0.2, 0.25) is 0 Å². The zero-order valence-electron chi connectivity index (χ0n) is 11.3. The highest BCUT2D eigenvalue weighted by Gasteiger charge is 2.27. The maximum absolute atomic E-state index is 12.2. The average molecular weight is 293 g/mol. The first-order valence-corrected chi connectivity index (χ1v) is 6.72. The molecule has 8 heteroatoms. The van der Waals surface area contributed by atoms with E-state index in [1.807, 2.05) is 0 Å². The predicted molar refractivity (Wildman–Crippen MR) is 72.8 cm³/mol. The molecule has 0 bridgehead atoms. The molecule has 1 fully saturated rings. The standard InChI is InChI=1S/C13H15N3O5/c17-13(15-7-8-5-14-6-8)9-3-11-12(21-2-1-20-11)4-10(9)16(18)19/h3-4,8,14H,1-2,5-7H2,(H,15,17). The lowest BCUT2D eigenvalue weighted by atomic mass is 10.0. The molecule has 1 saturated heterocycles. The molecule has 0 aliphatic carbocycles. The van der Waals surface area contributed by atoms with Gasteiger partial charge in [0, 0.05) is 31.6 Å². The molecule has 0 radical (unpaired) electrons. The second kappa shape index (κ2) is 5.57. The maximum atomic E-state index is 12.2. The lowest BCUT2D eigenvalue weighted by molar-refractivity contribution is -0.385. The fraction of sp³-hybridized carbons (Fsp3) is 0.462. The number of nitro benzene ring substituents is 1. The van der Waals surface area contributed by atoms with Crippen LogP contribution in [-0.4, -0.2) is 43.7 Å². The SMILES string of the molecule is O=C(NCC1CNC1)c1cc2c(cc1[N+](=O)[O-])OCCO2. The first-order chi connectivity index (χ1) is 10.1. The van der Waals surface area contributed by atoms with Crippen molar-refractivity contribution in [3.8, 4) is 11.5 Å². The molecule has 8 nitrogen and oxygen atoms in total. The Morgan fingerprint density at radius 2 is 2.00 bits per heavy atom. The molecule has 1 aromatic carbocycles. The van der Waals surface area contributed by atoms with Gasteiger partial charge in [0.05, 0.1) is 11.0 Å². The summed E-state index contributed by atoms with van der Waals surface area (Å²) in [4.78, 5) is 22.7. The van der Waals surface area contributed by atoms with Gasteiger partial charge in [-0.3, -0.25) is 14.9 Å². The van der Waals surface area contributed by atoms with Crippen molar-refractivity contribution in [1.29, 1.82) is 0 Å². The van der Waals surface area contributed by atoms with Crippen LogP contribution in [0.3, 0.4) is 0 Å². The zero-order chi connectivity index (χ0) is 14.8. The molecule has 2 N–H and O–H groups in total. The third-order valence-electron chi connectivity index (χ3n) is 3.52. The minimum atomic E-state index is -0.585. The normalized spacial score (nSPS) is 17.0. The van der Waals surface area contributed by atoms with E-state index in [4.69, 9.17) is 9.47 Å². The van der Waals surface area contributed by atoms with Crippen molar-refractivity contribution >= 4 is 11.6 Å². The Bertz CT molecular complexity index is 585. The molecule has 2 aliphatic heterocycles. The van der Waals surface area contributed by atoms with Gasteiger partial charge in [0.15, 0.2) is 11.5 Å². The topological polar surface area (TPSA) is 103 Å². The fourth-order valence-electron chi connectivity index (χ4n) is 2.24. The zero-order valence-corrected chi connectivity index (χ0v) is 11.3. The Balaban J connectivity index is 1.84. The van der Waals surface area contributed by atoms with Crippen molar-refractivity contribution in [2.45, 2.75) is 0 Å². The van der Waals surface area contributed by atoms with Crippen LogP contribution in [-0.2, 0) is 0 Å². The minimum absolute atomic E-state index is 0.00321. The third kappa shape index (κ3) is 2.75. The van der Waals surface area contributed by atoms with E-state index in [-0.39, 0.29) is 11.3 Å². The Morgan fingerprint density at radius 1 is 1.33 bits per heavy atom. The van der Waals surface area contributed by atoms with Gasteiger partial charge in [0.2, 0.25) is 0 Å². The largest absolute Gasteiger partial charge is 0.486 e. The highest BCUT2D eigenvalue weighted by atomic mass is 16.6. The molecule has 0 spiro atoms. The van der Waals surface area contributed by atoms with Crippen molar-refractivity contribution in [3.05, 3.63) is 27.8 Å². The molecular formula is C13H15N3O5. The molecular weight excluding hydrogens is 278 g/mol. The van der Waals surface area contributed by atoms with Crippen LogP contribution in [0, 0.1) is 16.0 Å². The Hall–Kier alpha value is -2.35. The summed E-state index contributed by atoms with van der Waals surface area (Å²) < 4.78 is 10.7. The number of rotatable bonds is 4. The predicted octanol–water partition coefficient (Wildman–Crippen LogP) is 0.315. The first-order valence-electron chi connectivity index (χ1n) is 6.72. The third-order valence-corrected chi connectivity index (χ3v) is 3.52. The van der Waals surface area contributed by atoms with Gasteiger partial charge in [-0.15, -0.1) is 0 Å². The first kappa shape index (κ1) is 13.6. The minimum Gasteiger partial charge on any atom is -0.486 e. The molecule has 0 aromatic heterocycles. The molecule has 0 saturated carbocycles. The van der Waals surface area contributed by atoms with Gasteiger partial charge in [-0.1, -0.05) is 0 Å². The quantitative estimate of drug-likeness (QED) is 0.612. The van der Waals surface area contributed by atoms with E-state index in [1.165, 1.54) is 12.1 Å². The number of fused-ring (bicyclic) bond motifs is 1. The van der Waals surface area contributed by atoms with E-state index < -0.39 is 10.8 Å². The summed E-state index contributed by atoms with van der Waals surface area (Å²) in [7, 11) is 0. The smallest absolute Gasteiger partial charge is 0.286 e. The number of hydrogen-bond acceptors (Lipinski definition) is 6. The van der Waals surface area contributed by atoms with E-state index >= 15 is 0 Å². The number of ether oxygens (including phenoxy) is 2. The molecule has 2 aliphatic rings.